The Balaban J connectivity index is 2.41. The molecule has 0 atom stereocenters. The van der Waals surface area contributed by atoms with E-state index in [9.17, 15) is 31.1 Å². The average molecular weight is 320 g/mol. The molecule has 0 aliphatic carbocycles. The number of rotatable bonds is 2. The summed E-state index contributed by atoms with van der Waals surface area (Å²) in [5.74, 6) is -1.03. The predicted molar refractivity (Wildman–Crippen MR) is 61.9 cm³/mol. The molecule has 2 rings (SSSR count). The summed E-state index contributed by atoms with van der Waals surface area (Å²) < 4.78 is 75.3. The zero-order chi connectivity index (χ0) is 16.5. The lowest BCUT2D eigenvalue weighted by Crippen LogP contribution is -2.11. The van der Waals surface area contributed by atoms with Gasteiger partial charge in [0.05, 0.1) is 11.1 Å². The van der Waals surface area contributed by atoms with E-state index in [4.69, 9.17) is 0 Å². The highest BCUT2D eigenvalue weighted by Crippen LogP contribution is 2.31. The lowest BCUT2D eigenvalue weighted by atomic mass is 10.0. The molecule has 0 bridgehead atoms. The fraction of sp³-hybridized carbons (Fsp3) is 0.154. The smallest absolute Gasteiger partial charge is 0.288 e. The number of carbonyl (C=O) groups is 1. The van der Waals surface area contributed by atoms with Crippen LogP contribution in [0, 0.1) is 0 Å². The molecule has 0 unspecified atom stereocenters. The van der Waals surface area contributed by atoms with E-state index in [2.05, 4.69) is 9.97 Å². The van der Waals surface area contributed by atoms with Gasteiger partial charge in [0.1, 0.15) is 0 Å². The highest BCUT2D eigenvalue weighted by atomic mass is 19.4. The maximum absolute atomic E-state index is 12.5. The molecule has 0 aliphatic heterocycles. The number of nitrogens with zero attached hydrogens (tertiary/aromatic N) is 2. The highest BCUT2D eigenvalue weighted by Gasteiger charge is 2.33. The highest BCUT2D eigenvalue weighted by molar-refractivity contribution is 6.08. The molecule has 2 aromatic heterocycles. The SMILES string of the molecule is O=C(c1cncc(C(F)(F)F)c1)c1cncc(C(F)(F)F)c1. The van der Waals surface area contributed by atoms with Crippen LogP contribution in [0.15, 0.2) is 36.9 Å². The van der Waals surface area contributed by atoms with Crippen molar-refractivity contribution in [1.29, 1.82) is 0 Å². The largest absolute Gasteiger partial charge is 0.417 e. The van der Waals surface area contributed by atoms with Crippen LogP contribution in [0.4, 0.5) is 26.3 Å². The third-order valence-corrected chi connectivity index (χ3v) is 2.66. The van der Waals surface area contributed by atoms with Gasteiger partial charge in [-0.1, -0.05) is 0 Å². The standard InChI is InChI=1S/C13H6F6N2O/c14-12(15,16)9-1-7(3-20-5-9)11(22)8-2-10(6-21-4-8)13(17,18)19/h1-6H. The Kier molecular flexibility index (Phi) is 3.90. The van der Waals surface area contributed by atoms with Gasteiger partial charge in [0, 0.05) is 35.9 Å². The number of pyridine rings is 2. The number of carbonyl (C=O) groups excluding carboxylic acids is 1. The van der Waals surface area contributed by atoms with Crippen molar-refractivity contribution in [2.45, 2.75) is 12.4 Å². The molecule has 0 spiro atoms. The van der Waals surface area contributed by atoms with Crippen LogP contribution in [-0.4, -0.2) is 15.8 Å². The maximum Gasteiger partial charge on any atom is 0.417 e. The minimum Gasteiger partial charge on any atom is -0.288 e. The summed E-state index contributed by atoms with van der Waals surface area (Å²) in [6, 6.07) is 1.05. The molecule has 22 heavy (non-hydrogen) atoms. The molecule has 2 heterocycles. The minimum absolute atomic E-state index is 0.476. The summed E-state index contributed by atoms with van der Waals surface area (Å²) in [7, 11) is 0. The van der Waals surface area contributed by atoms with Crippen LogP contribution in [-0.2, 0) is 12.4 Å². The summed E-state index contributed by atoms with van der Waals surface area (Å²) in [6.07, 6.45) is -6.71. The summed E-state index contributed by atoms with van der Waals surface area (Å²) in [4.78, 5) is 18.6. The van der Waals surface area contributed by atoms with Crippen LogP contribution in [0.2, 0.25) is 0 Å². The van der Waals surface area contributed by atoms with Gasteiger partial charge in [0.15, 0.2) is 5.78 Å². The van der Waals surface area contributed by atoms with E-state index >= 15 is 0 Å². The quantitative estimate of drug-likeness (QED) is 0.625. The van der Waals surface area contributed by atoms with Gasteiger partial charge in [-0.3, -0.25) is 14.8 Å². The van der Waals surface area contributed by atoms with Crippen LogP contribution in [0.25, 0.3) is 0 Å². The van der Waals surface area contributed by atoms with E-state index in [-0.39, 0.29) is 0 Å². The van der Waals surface area contributed by atoms with Gasteiger partial charge >= 0.3 is 12.4 Å². The van der Waals surface area contributed by atoms with Crippen molar-refractivity contribution >= 4 is 5.78 Å². The second-order valence-corrected chi connectivity index (χ2v) is 4.25. The Morgan fingerprint density at radius 2 is 1.09 bits per heavy atom. The monoisotopic (exact) mass is 320 g/mol. The second-order valence-electron chi connectivity index (χ2n) is 4.25. The van der Waals surface area contributed by atoms with Crippen molar-refractivity contribution in [1.82, 2.24) is 9.97 Å². The number of aromatic nitrogens is 2. The molecule has 9 heteroatoms. The van der Waals surface area contributed by atoms with E-state index in [1.54, 1.807) is 0 Å². The van der Waals surface area contributed by atoms with Crippen molar-refractivity contribution < 1.29 is 31.1 Å². The van der Waals surface area contributed by atoms with Crippen molar-refractivity contribution in [2.75, 3.05) is 0 Å². The molecule has 3 nitrogen and oxygen atoms in total. The molecule has 0 aliphatic rings. The molecule has 0 fully saturated rings. The van der Waals surface area contributed by atoms with Gasteiger partial charge in [-0.05, 0) is 12.1 Å². The summed E-state index contributed by atoms with van der Waals surface area (Å²) in [5, 5.41) is 0. The molecule has 2 aromatic rings. The predicted octanol–water partition coefficient (Wildman–Crippen LogP) is 3.75. The summed E-state index contributed by atoms with van der Waals surface area (Å²) in [6.45, 7) is 0. The van der Waals surface area contributed by atoms with Crippen LogP contribution >= 0.6 is 0 Å². The first kappa shape index (κ1) is 15.9. The molecule has 0 aromatic carbocycles. The van der Waals surface area contributed by atoms with Crippen LogP contribution in [0.1, 0.15) is 27.0 Å². The fourth-order valence-corrected chi connectivity index (χ4v) is 1.60. The van der Waals surface area contributed by atoms with E-state index < -0.39 is 40.4 Å². The number of hydrogen-bond donors (Lipinski definition) is 0. The lowest BCUT2D eigenvalue weighted by Gasteiger charge is -2.09. The Hall–Kier alpha value is -2.45. The van der Waals surface area contributed by atoms with Crippen molar-refractivity contribution in [3.8, 4) is 0 Å². The second kappa shape index (κ2) is 5.39. The van der Waals surface area contributed by atoms with Gasteiger partial charge in [-0.25, -0.2) is 0 Å². The molecule has 0 saturated carbocycles. The lowest BCUT2D eigenvalue weighted by molar-refractivity contribution is -0.138. The van der Waals surface area contributed by atoms with Gasteiger partial charge in [0.2, 0.25) is 0 Å². The fourth-order valence-electron chi connectivity index (χ4n) is 1.60. The normalized spacial score (nSPS) is 12.3. The molecule has 0 saturated heterocycles. The third kappa shape index (κ3) is 3.41. The molecule has 116 valence electrons. The number of ketones is 1. The Bertz CT molecular complexity index is 649. The summed E-state index contributed by atoms with van der Waals surface area (Å²) in [5.41, 5.74) is -3.29. The van der Waals surface area contributed by atoms with Crippen LogP contribution in [0.3, 0.4) is 0 Å². The van der Waals surface area contributed by atoms with Gasteiger partial charge < -0.3 is 0 Å². The van der Waals surface area contributed by atoms with Crippen LogP contribution < -0.4 is 0 Å². The zero-order valence-corrected chi connectivity index (χ0v) is 10.5. The molecule has 0 radical (unpaired) electrons. The first-order valence-electron chi connectivity index (χ1n) is 5.68. The van der Waals surface area contributed by atoms with Gasteiger partial charge in [-0.15, -0.1) is 0 Å². The Labute approximate surface area is 119 Å². The van der Waals surface area contributed by atoms with E-state index in [0.29, 0.717) is 24.5 Å². The molecular formula is C13H6F6N2O. The van der Waals surface area contributed by atoms with E-state index in [0.717, 1.165) is 12.4 Å². The molecular weight excluding hydrogens is 314 g/mol. The number of halogens is 6. The minimum atomic E-state index is -4.71. The van der Waals surface area contributed by atoms with Crippen LogP contribution in [0.5, 0.6) is 0 Å². The number of alkyl halides is 6. The van der Waals surface area contributed by atoms with Gasteiger partial charge in [0.25, 0.3) is 0 Å². The topological polar surface area (TPSA) is 42.9 Å². The first-order valence-corrected chi connectivity index (χ1v) is 5.68. The molecule has 0 N–H and O–H groups in total. The third-order valence-electron chi connectivity index (χ3n) is 2.66. The van der Waals surface area contributed by atoms with Crippen molar-refractivity contribution in [3.05, 3.63) is 59.2 Å². The Morgan fingerprint density at radius 1 is 0.727 bits per heavy atom. The average Bonchev–Trinajstić information content (AvgIpc) is 2.45. The van der Waals surface area contributed by atoms with E-state index in [1.165, 1.54) is 0 Å². The maximum atomic E-state index is 12.5. The van der Waals surface area contributed by atoms with Crippen molar-refractivity contribution in [3.63, 3.8) is 0 Å². The summed E-state index contributed by atoms with van der Waals surface area (Å²) >= 11 is 0. The van der Waals surface area contributed by atoms with Crippen molar-refractivity contribution in [2.24, 2.45) is 0 Å². The Morgan fingerprint density at radius 3 is 1.41 bits per heavy atom. The zero-order valence-electron chi connectivity index (χ0n) is 10.5. The van der Waals surface area contributed by atoms with Gasteiger partial charge in [-0.2, -0.15) is 26.3 Å². The van der Waals surface area contributed by atoms with E-state index in [1.807, 2.05) is 0 Å². The number of hydrogen-bond acceptors (Lipinski definition) is 3. The molecule has 0 amide bonds. The first-order chi connectivity index (χ1) is 10.1.